The van der Waals surface area contributed by atoms with Crippen molar-refractivity contribution in [3.63, 3.8) is 0 Å². The maximum Gasteiger partial charge on any atom is 0.344 e. The van der Waals surface area contributed by atoms with Crippen molar-refractivity contribution in [2.45, 2.75) is 19.8 Å². The number of hydrogen-bond acceptors (Lipinski definition) is 5. The minimum atomic E-state index is -0.495. The SMILES string of the molecule is CCc1ccc(OCC(=O)OCCCN2C(=O)c3ccc(Br)cc3C2=O)cc1. The molecule has 0 fully saturated rings. The van der Waals surface area contributed by atoms with E-state index in [0.29, 0.717) is 23.3 Å². The Kier molecular flexibility index (Phi) is 6.46. The van der Waals surface area contributed by atoms with Crippen LogP contribution in [-0.2, 0) is 16.0 Å². The van der Waals surface area contributed by atoms with E-state index >= 15 is 0 Å². The number of carbonyl (C=O) groups excluding carboxylic acids is 3. The predicted molar refractivity (Wildman–Crippen MR) is 106 cm³/mol. The number of nitrogens with zero attached hydrogens (tertiary/aromatic N) is 1. The smallest absolute Gasteiger partial charge is 0.344 e. The Morgan fingerprint density at radius 3 is 2.46 bits per heavy atom. The number of fused-ring (bicyclic) bond motifs is 1. The number of hydrogen-bond donors (Lipinski definition) is 0. The van der Waals surface area contributed by atoms with E-state index in [1.807, 2.05) is 24.3 Å². The number of halogens is 1. The molecule has 0 bridgehead atoms. The Labute approximate surface area is 171 Å². The molecule has 28 heavy (non-hydrogen) atoms. The first-order chi connectivity index (χ1) is 13.5. The van der Waals surface area contributed by atoms with Gasteiger partial charge in [0.1, 0.15) is 5.75 Å². The highest BCUT2D eigenvalue weighted by Gasteiger charge is 2.35. The largest absolute Gasteiger partial charge is 0.482 e. The lowest BCUT2D eigenvalue weighted by molar-refractivity contribution is -0.146. The number of benzene rings is 2. The Bertz CT molecular complexity index is 894. The standard InChI is InChI=1S/C21H20BrNO5/c1-2-14-4-7-16(8-5-14)28-13-19(24)27-11-3-10-23-20(25)17-9-6-15(22)12-18(17)21(23)26/h4-9,12H,2-3,10-11,13H2,1H3. The normalized spacial score (nSPS) is 12.9. The van der Waals surface area contributed by atoms with E-state index in [9.17, 15) is 14.4 Å². The fraction of sp³-hybridized carbons (Fsp3) is 0.286. The van der Waals surface area contributed by atoms with E-state index in [4.69, 9.17) is 9.47 Å². The van der Waals surface area contributed by atoms with Gasteiger partial charge < -0.3 is 9.47 Å². The number of aryl methyl sites for hydroxylation is 1. The van der Waals surface area contributed by atoms with Gasteiger partial charge in [-0.2, -0.15) is 0 Å². The van der Waals surface area contributed by atoms with Crippen molar-refractivity contribution in [1.29, 1.82) is 0 Å². The topological polar surface area (TPSA) is 72.9 Å². The van der Waals surface area contributed by atoms with E-state index in [1.165, 1.54) is 10.5 Å². The second-order valence-electron chi connectivity index (χ2n) is 6.31. The summed E-state index contributed by atoms with van der Waals surface area (Å²) in [6.45, 7) is 2.17. The molecule has 0 aliphatic carbocycles. The minimum absolute atomic E-state index is 0.105. The van der Waals surface area contributed by atoms with Crippen LogP contribution in [0.1, 0.15) is 39.6 Å². The van der Waals surface area contributed by atoms with Crippen molar-refractivity contribution in [1.82, 2.24) is 4.90 Å². The quantitative estimate of drug-likeness (QED) is 0.352. The average molecular weight is 446 g/mol. The van der Waals surface area contributed by atoms with Gasteiger partial charge in [-0.05, 0) is 48.7 Å². The first-order valence-electron chi connectivity index (χ1n) is 9.02. The molecule has 2 amide bonds. The van der Waals surface area contributed by atoms with Gasteiger partial charge in [0.2, 0.25) is 0 Å². The summed E-state index contributed by atoms with van der Waals surface area (Å²) in [5.41, 5.74) is 1.97. The van der Waals surface area contributed by atoms with Crippen molar-refractivity contribution in [2.24, 2.45) is 0 Å². The van der Waals surface area contributed by atoms with E-state index in [1.54, 1.807) is 18.2 Å². The Morgan fingerprint density at radius 2 is 1.75 bits per heavy atom. The molecule has 1 aliphatic heterocycles. The summed E-state index contributed by atoms with van der Waals surface area (Å²) in [7, 11) is 0. The minimum Gasteiger partial charge on any atom is -0.482 e. The van der Waals surface area contributed by atoms with Crippen LogP contribution in [0.2, 0.25) is 0 Å². The van der Waals surface area contributed by atoms with Crippen LogP contribution in [0.4, 0.5) is 0 Å². The summed E-state index contributed by atoms with van der Waals surface area (Å²) in [5.74, 6) is -0.540. The van der Waals surface area contributed by atoms with Crippen LogP contribution in [-0.4, -0.2) is 42.4 Å². The summed E-state index contributed by atoms with van der Waals surface area (Å²) < 4.78 is 11.2. The third-order valence-electron chi connectivity index (χ3n) is 4.41. The molecule has 2 aromatic carbocycles. The molecule has 0 radical (unpaired) electrons. The number of amides is 2. The zero-order valence-corrected chi connectivity index (χ0v) is 17.0. The molecule has 0 atom stereocenters. The van der Waals surface area contributed by atoms with E-state index in [0.717, 1.165) is 10.9 Å². The second-order valence-corrected chi connectivity index (χ2v) is 7.23. The summed E-state index contributed by atoms with van der Waals surface area (Å²) in [4.78, 5) is 37.6. The van der Waals surface area contributed by atoms with Gasteiger partial charge in [-0.25, -0.2) is 4.79 Å². The maximum atomic E-state index is 12.3. The summed E-state index contributed by atoms with van der Waals surface area (Å²) >= 11 is 3.30. The number of rotatable bonds is 8. The van der Waals surface area contributed by atoms with Crippen LogP contribution >= 0.6 is 15.9 Å². The van der Waals surface area contributed by atoms with Gasteiger partial charge >= 0.3 is 5.97 Å². The highest BCUT2D eigenvalue weighted by molar-refractivity contribution is 9.10. The monoisotopic (exact) mass is 445 g/mol. The molecule has 0 aromatic heterocycles. The Hall–Kier alpha value is -2.67. The number of esters is 1. The summed E-state index contributed by atoms with van der Waals surface area (Å²) in [6.07, 6.45) is 1.30. The van der Waals surface area contributed by atoms with Crippen molar-refractivity contribution >= 4 is 33.7 Å². The molecule has 146 valence electrons. The highest BCUT2D eigenvalue weighted by atomic mass is 79.9. The molecule has 0 saturated heterocycles. The van der Waals surface area contributed by atoms with Gasteiger partial charge in [0, 0.05) is 11.0 Å². The van der Waals surface area contributed by atoms with E-state index in [2.05, 4.69) is 22.9 Å². The van der Waals surface area contributed by atoms with E-state index in [-0.39, 0.29) is 31.6 Å². The van der Waals surface area contributed by atoms with Crippen LogP contribution in [0.3, 0.4) is 0 Å². The molecule has 0 spiro atoms. The highest BCUT2D eigenvalue weighted by Crippen LogP contribution is 2.26. The summed E-state index contributed by atoms with van der Waals surface area (Å²) in [5, 5.41) is 0. The van der Waals surface area contributed by atoms with Crippen LogP contribution < -0.4 is 4.74 Å². The van der Waals surface area contributed by atoms with Gasteiger partial charge in [0.05, 0.1) is 17.7 Å². The predicted octanol–water partition coefficient (Wildman–Crippen LogP) is 3.62. The molecular weight excluding hydrogens is 426 g/mol. The molecular formula is C21H20BrNO5. The Morgan fingerprint density at radius 1 is 1.04 bits per heavy atom. The zero-order chi connectivity index (χ0) is 20.1. The number of ether oxygens (including phenoxy) is 2. The van der Waals surface area contributed by atoms with Crippen LogP contribution in [0.25, 0.3) is 0 Å². The first-order valence-corrected chi connectivity index (χ1v) is 9.82. The molecule has 0 saturated carbocycles. The lowest BCUT2D eigenvalue weighted by Crippen LogP contribution is -2.31. The van der Waals surface area contributed by atoms with Gasteiger partial charge in [-0.1, -0.05) is 35.0 Å². The van der Waals surface area contributed by atoms with Crippen LogP contribution in [0.5, 0.6) is 5.75 Å². The molecule has 6 nitrogen and oxygen atoms in total. The van der Waals surface area contributed by atoms with Gasteiger partial charge in [0.15, 0.2) is 6.61 Å². The van der Waals surface area contributed by atoms with Crippen LogP contribution in [0, 0.1) is 0 Å². The van der Waals surface area contributed by atoms with Crippen molar-refractivity contribution in [2.75, 3.05) is 19.8 Å². The van der Waals surface area contributed by atoms with Gasteiger partial charge in [0.25, 0.3) is 11.8 Å². The molecule has 7 heteroatoms. The van der Waals surface area contributed by atoms with Crippen LogP contribution in [0.15, 0.2) is 46.9 Å². The second kappa shape index (κ2) is 9.01. The molecule has 3 rings (SSSR count). The number of imide groups is 1. The molecule has 2 aromatic rings. The lowest BCUT2D eigenvalue weighted by atomic mass is 10.1. The molecule has 0 unspecified atom stereocenters. The first kappa shape index (κ1) is 20.1. The third kappa shape index (κ3) is 4.59. The fourth-order valence-corrected chi connectivity index (χ4v) is 3.24. The Balaban J connectivity index is 1.40. The summed E-state index contributed by atoms with van der Waals surface area (Å²) in [6, 6.07) is 12.5. The molecule has 0 N–H and O–H groups in total. The third-order valence-corrected chi connectivity index (χ3v) is 4.90. The van der Waals surface area contributed by atoms with Crippen molar-refractivity contribution in [3.8, 4) is 5.75 Å². The fourth-order valence-electron chi connectivity index (χ4n) is 2.88. The lowest BCUT2D eigenvalue weighted by Gasteiger charge is -2.13. The molecule has 1 aliphatic rings. The van der Waals surface area contributed by atoms with Gasteiger partial charge in [-0.3, -0.25) is 14.5 Å². The number of carbonyl (C=O) groups is 3. The molecule has 1 heterocycles. The van der Waals surface area contributed by atoms with Crippen molar-refractivity contribution in [3.05, 3.63) is 63.6 Å². The van der Waals surface area contributed by atoms with E-state index < -0.39 is 5.97 Å². The average Bonchev–Trinajstić information content (AvgIpc) is 2.94. The zero-order valence-electron chi connectivity index (χ0n) is 15.4. The van der Waals surface area contributed by atoms with Crippen molar-refractivity contribution < 1.29 is 23.9 Å². The maximum absolute atomic E-state index is 12.3. The van der Waals surface area contributed by atoms with Gasteiger partial charge in [-0.15, -0.1) is 0 Å².